The third kappa shape index (κ3) is 3.64. The molecule has 2 saturated heterocycles. The van der Waals surface area contributed by atoms with Crippen LogP contribution in [0.4, 0.5) is 0 Å². The van der Waals surface area contributed by atoms with Gasteiger partial charge in [-0.25, -0.2) is 0 Å². The van der Waals surface area contributed by atoms with Crippen molar-refractivity contribution in [3.8, 4) is 0 Å². The molecule has 116 valence electrons. The molecule has 1 aromatic carbocycles. The second-order valence-corrected chi connectivity index (χ2v) is 6.16. The summed E-state index contributed by atoms with van der Waals surface area (Å²) in [6.45, 7) is 4.14. The average Bonchev–Trinajstić information content (AvgIpc) is 2.96. The molecule has 0 bridgehead atoms. The maximum Gasteiger partial charge on any atom is 0.0951 e. The Morgan fingerprint density at radius 3 is 2.81 bits per heavy atom. The van der Waals surface area contributed by atoms with Crippen molar-refractivity contribution in [2.75, 3.05) is 33.0 Å². The molecule has 0 aromatic heterocycles. The van der Waals surface area contributed by atoms with Gasteiger partial charge in [-0.15, -0.1) is 0 Å². The quantitative estimate of drug-likeness (QED) is 0.898. The van der Waals surface area contributed by atoms with Crippen molar-refractivity contribution in [1.29, 1.82) is 0 Å². The minimum Gasteiger partial charge on any atom is -0.395 e. The van der Waals surface area contributed by atoms with Crippen molar-refractivity contribution >= 4 is 0 Å². The summed E-state index contributed by atoms with van der Waals surface area (Å²) in [6, 6.07) is 11.0. The average molecular weight is 291 g/mol. The van der Waals surface area contributed by atoms with Crippen LogP contribution >= 0.6 is 0 Å². The summed E-state index contributed by atoms with van der Waals surface area (Å²) >= 11 is 0. The summed E-state index contributed by atoms with van der Waals surface area (Å²) in [6.07, 6.45) is 3.05. The molecule has 3 rings (SSSR count). The first kappa shape index (κ1) is 15.0. The van der Waals surface area contributed by atoms with E-state index in [1.807, 2.05) is 6.07 Å². The Morgan fingerprint density at radius 1 is 1.24 bits per heavy atom. The van der Waals surface area contributed by atoms with Gasteiger partial charge in [0.05, 0.1) is 18.8 Å². The lowest BCUT2D eigenvalue weighted by Gasteiger charge is -2.42. The highest BCUT2D eigenvalue weighted by Crippen LogP contribution is 2.35. The molecule has 21 heavy (non-hydrogen) atoms. The van der Waals surface area contributed by atoms with Crippen molar-refractivity contribution in [1.82, 2.24) is 4.90 Å². The molecule has 2 fully saturated rings. The van der Waals surface area contributed by atoms with Crippen molar-refractivity contribution in [3.63, 3.8) is 0 Å². The summed E-state index contributed by atoms with van der Waals surface area (Å²) in [5, 5.41) is 9.40. The third-order valence-corrected chi connectivity index (χ3v) is 4.67. The highest BCUT2D eigenvalue weighted by Gasteiger charge is 2.42. The van der Waals surface area contributed by atoms with Crippen LogP contribution in [0.25, 0.3) is 0 Å². The molecule has 4 heteroatoms. The lowest BCUT2D eigenvalue weighted by atomic mass is 9.88. The number of nitrogens with zero attached hydrogens (tertiary/aromatic N) is 1. The third-order valence-electron chi connectivity index (χ3n) is 4.67. The molecule has 1 aromatic rings. The van der Waals surface area contributed by atoms with E-state index < -0.39 is 0 Å². The maximum absolute atomic E-state index is 9.40. The topological polar surface area (TPSA) is 41.9 Å². The standard InChI is InChI=1S/C17H25NO3/c19-9-8-18(13-15-4-2-1-3-5-15)16-6-10-21-17(12-16)7-11-20-14-17/h1-5,16,19H,6-14H2. The predicted molar refractivity (Wildman–Crippen MR) is 81.1 cm³/mol. The van der Waals surface area contributed by atoms with E-state index in [4.69, 9.17) is 9.47 Å². The zero-order chi connectivity index (χ0) is 14.5. The highest BCUT2D eigenvalue weighted by atomic mass is 16.6. The molecule has 2 atom stereocenters. The highest BCUT2D eigenvalue weighted by molar-refractivity contribution is 5.14. The van der Waals surface area contributed by atoms with E-state index in [-0.39, 0.29) is 12.2 Å². The number of hydrogen-bond acceptors (Lipinski definition) is 4. The van der Waals surface area contributed by atoms with Gasteiger partial charge in [0.25, 0.3) is 0 Å². The normalized spacial score (nSPS) is 29.3. The van der Waals surface area contributed by atoms with E-state index in [0.29, 0.717) is 6.04 Å². The molecule has 2 aliphatic rings. The summed E-state index contributed by atoms with van der Waals surface area (Å²) < 4.78 is 11.6. The molecular formula is C17H25NO3. The first-order valence-electron chi connectivity index (χ1n) is 7.92. The Balaban J connectivity index is 1.68. The zero-order valence-electron chi connectivity index (χ0n) is 12.5. The number of hydrogen-bond donors (Lipinski definition) is 1. The molecule has 0 amide bonds. The van der Waals surface area contributed by atoms with E-state index in [1.165, 1.54) is 5.56 Å². The number of rotatable bonds is 5. The Bertz CT molecular complexity index is 431. The second kappa shape index (κ2) is 6.88. The molecule has 1 N–H and O–H groups in total. The summed E-state index contributed by atoms with van der Waals surface area (Å²) in [5.41, 5.74) is 1.22. The molecule has 2 unspecified atom stereocenters. The first-order chi connectivity index (χ1) is 10.3. The molecule has 2 aliphatic heterocycles. The Labute approximate surface area is 126 Å². The van der Waals surface area contributed by atoms with Crippen LogP contribution < -0.4 is 0 Å². The Kier molecular flexibility index (Phi) is 4.91. The summed E-state index contributed by atoms with van der Waals surface area (Å²) in [5.74, 6) is 0. The molecule has 0 radical (unpaired) electrons. The minimum atomic E-state index is -0.0761. The SMILES string of the molecule is OCCN(Cc1ccccc1)C1CCOC2(CCOC2)C1. The van der Waals surface area contributed by atoms with E-state index in [0.717, 1.165) is 52.2 Å². The molecule has 0 saturated carbocycles. The molecule has 0 aliphatic carbocycles. The first-order valence-corrected chi connectivity index (χ1v) is 7.92. The zero-order valence-corrected chi connectivity index (χ0v) is 12.5. The van der Waals surface area contributed by atoms with Gasteiger partial charge in [-0.3, -0.25) is 4.90 Å². The van der Waals surface area contributed by atoms with Crippen LogP contribution in [0.2, 0.25) is 0 Å². The monoisotopic (exact) mass is 291 g/mol. The van der Waals surface area contributed by atoms with Gasteiger partial charge in [0.2, 0.25) is 0 Å². The van der Waals surface area contributed by atoms with Crippen LogP contribution in [0, 0.1) is 0 Å². The van der Waals surface area contributed by atoms with Crippen LogP contribution in [-0.4, -0.2) is 54.6 Å². The van der Waals surface area contributed by atoms with E-state index in [2.05, 4.69) is 29.2 Å². The molecule has 4 nitrogen and oxygen atoms in total. The van der Waals surface area contributed by atoms with Crippen molar-refractivity contribution < 1.29 is 14.6 Å². The van der Waals surface area contributed by atoms with Crippen LogP contribution in [0.15, 0.2) is 30.3 Å². The Morgan fingerprint density at radius 2 is 2.10 bits per heavy atom. The van der Waals surface area contributed by atoms with Crippen molar-refractivity contribution in [3.05, 3.63) is 35.9 Å². The fourth-order valence-electron chi connectivity index (χ4n) is 3.51. The predicted octanol–water partition coefficient (Wildman–Crippen LogP) is 1.82. The fraction of sp³-hybridized carbons (Fsp3) is 0.647. The fourth-order valence-corrected chi connectivity index (χ4v) is 3.51. The van der Waals surface area contributed by atoms with Crippen LogP contribution in [0.5, 0.6) is 0 Å². The lowest BCUT2D eigenvalue weighted by molar-refractivity contribution is -0.108. The van der Waals surface area contributed by atoms with E-state index >= 15 is 0 Å². The van der Waals surface area contributed by atoms with Gasteiger partial charge in [0.15, 0.2) is 0 Å². The molecule has 1 spiro atoms. The largest absolute Gasteiger partial charge is 0.395 e. The second-order valence-electron chi connectivity index (χ2n) is 6.16. The smallest absolute Gasteiger partial charge is 0.0951 e. The van der Waals surface area contributed by atoms with E-state index in [9.17, 15) is 5.11 Å². The number of benzene rings is 1. The molecular weight excluding hydrogens is 266 g/mol. The summed E-state index contributed by atoms with van der Waals surface area (Å²) in [4.78, 5) is 2.40. The van der Waals surface area contributed by atoms with Gasteiger partial charge in [-0.05, 0) is 18.4 Å². The maximum atomic E-state index is 9.40. The number of aliphatic hydroxyl groups excluding tert-OH is 1. The lowest BCUT2D eigenvalue weighted by Crippen LogP contribution is -2.49. The van der Waals surface area contributed by atoms with Gasteiger partial charge < -0.3 is 14.6 Å². The Hall–Kier alpha value is -0.940. The van der Waals surface area contributed by atoms with Crippen LogP contribution in [0.3, 0.4) is 0 Å². The number of ether oxygens (including phenoxy) is 2. The minimum absolute atomic E-state index is 0.0761. The van der Waals surface area contributed by atoms with Crippen LogP contribution in [0.1, 0.15) is 24.8 Å². The van der Waals surface area contributed by atoms with Crippen molar-refractivity contribution in [2.24, 2.45) is 0 Å². The molecule has 2 heterocycles. The van der Waals surface area contributed by atoms with E-state index in [1.54, 1.807) is 0 Å². The number of aliphatic hydroxyl groups is 1. The van der Waals surface area contributed by atoms with Crippen LogP contribution in [-0.2, 0) is 16.0 Å². The van der Waals surface area contributed by atoms with Crippen molar-refractivity contribution in [2.45, 2.75) is 37.5 Å². The summed E-state index contributed by atoms with van der Waals surface area (Å²) in [7, 11) is 0. The van der Waals surface area contributed by atoms with Gasteiger partial charge in [-0.2, -0.15) is 0 Å². The van der Waals surface area contributed by atoms with Gasteiger partial charge >= 0.3 is 0 Å². The van der Waals surface area contributed by atoms with Gasteiger partial charge in [0.1, 0.15) is 0 Å². The van der Waals surface area contributed by atoms with Gasteiger partial charge in [0, 0.05) is 38.8 Å². The van der Waals surface area contributed by atoms with Gasteiger partial charge in [-0.1, -0.05) is 30.3 Å².